The van der Waals surface area contributed by atoms with Gasteiger partial charge in [0.05, 0.1) is 15.6 Å². The molecule has 5 heteroatoms. The van der Waals surface area contributed by atoms with Crippen LogP contribution in [0, 0.1) is 0 Å². The third kappa shape index (κ3) is 3.50. The van der Waals surface area contributed by atoms with Gasteiger partial charge in [0.1, 0.15) is 5.69 Å². The van der Waals surface area contributed by atoms with Crippen LogP contribution in [0.2, 0.25) is 10.0 Å². The van der Waals surface area contributed by atoms with Crippen molar-refractivity contribution in [2.24, 2.45) is 0 Å². The third-order valence-corrected chi connectivity index (χ3v) is 3.25. The first-order chi connectivity index (χ1) is 8.88. The van der Waals surface area contributed by atoms with Crippen LogP contribution in [0.15, 0.2) is 29.0 Å². The summed E-state index contributed by atoms with van der Waals surface area (Å²) >= 11 is 12.4. The molecule has 0 radical (unpaired) electrons. The number of halogens is 2. The van der Waals surface area contributed by atoms with Crippen molar-refractivity contribution in [3.05, 3.63) is 40.3 Å². The van der Waals surface area contributed by atoms with E-state index >= 15 is 0 Å². The fourth-order valence-corrected chi connectivity index (χ4v) is 2.23. The average molecular weight is 299 g/mol. The van der Waals surface area contributed by atoms with Crippen molar-refractivity contribution in [3.63, 3.8) is 0 Å². The van der Waals surface area contributed by atoms with Crippen molar-refractivity contribution in [3.8, 4) is 11.3 Å². The first-order valence-electron chi connectivity index (χ1n) is 6.00. The molecule has 0 saturated heterocycles. The normalized spacial score (nSPS) is 11.8. The third-order valence-electron chi connectivity index (χ3n) is 2.62. The molecule has 0 aliphatic carbocycles. The molecule has 19 heavy (non-hydrogen) atoms. The molecule has 1 aromatic heterocycles. The fraction of sp³-hybridized carbons (Fsp3) is 0.357. The van der Waals surface area contributed by atoms with Crippen molar-refractivity contribution in [1.29, 1.82) is 0 Å². The number of nitrogens with zero attached hydrogens (tertiary/aromatic N) is 1. The summed E-state index contributed by atoms with van der Waals surface area (Å²) in [6.45, 7) is 6.87. The van der Waals surface area contributed by atoms with Crippen LogP contribution < -0.4 is 5.32 Å². The smallest absolute Gasteiger partial charge is 0.181 e. The van der Waals surface area contributed by atoms with Crippen molar-refractivity contribution in [1.82, 2.24) is 10.3 Å². The summed E-state index contributed by atoms with van der Waals surface area (Å²) in [5.74, 6) is 0.618. The van der Waals surface area contributed by atoms with Gasteiger partial charge in [0, 0.05) is 12.1 Å². The molecule has 0 atom stereocenters. The number of nitrogens with one attached hydrogen (secondary N) is 1. The van der Waals surface area contributed by atoms with E-state index in [9.17, 15) is 0 Å². The maximum Gasteiger partial charge on any atom is 0.181 e. The van der Waals surface area contributed by atoms with Gasteiger partial charge >= 0.3 is 0 Å². The molecule has 1 heterocycles. The van der Waals surface area contributed by atoms with E-state index in [-0.39, 0.29) is 5.54 Å². The van der Waals surface area contributed by atoms with E-state index in [2.05, 4.69) is 31.1 Å². The van der Waals surface area contributed by atoms with E-state index in [4.69, 9.17) is 27.6 Å². The Labute approximate surface area is 122 Å². The van der Waals surface area contributed by atoms with E-state index in [0.717, 1.165) is 5.69 Å². The SMILES string of the molecule is CC(C)(C)NCc1ncoc1-c1c(Cl)cccc1Cl. The minimum absolute atomic E-state index is 0.000493. The average Bonchev–Trinajstić information content (AvgIpc) is 2.73. The fourth-order valence-electron chi connectivity index (χ4n) is 1.66. The lowest BCUT2D eigenvalue weighted by atomic mass is 10.1. The topological polar surface area (TPSA) is 38.1 Å². The molecule has 0 saturated carbocycles. The molecule has 3 nitrogen and oxygen atoms in total. The van der Waals surface area contributed by atoms with Crippen LogP contribution in [0.5, 0.6) is 0 Å². The molecule has 1 aromatic carbocycles. The van der Waals surface area contributed by atoms with E-state index < -0.39 is 0 Å². The second-order valence-corrected chi connectivity index (χ2v) is 6.14. The monoisotopic (exact) mass is 298 g/mol. The van der Waals surface area contributed by atoms with Crippen LogP contribution >= 0.6 is 23.2 Å². The second-order valence-electron chi connectivity index (χ2n) is 5.33. The maximum absolute atomic E-state index is 6.19. The van der Waals surface area contributed by atoms with E-state index in [1.807, 2.05) is 0 Å². The van der Waals surface area contributed by atoms with Gasteiger partial charge in [0.15, 0.2) is 12.2 Å². The lowest BCUT2D eigenvalue weighted by Crippen LogP contribution is -2.35. The largest absolute Gasteiger partial charge is 0.443 e. The highest BCUT2D eigenvalue weighted by atomic mass is 35.5. The van der Waals surface area contributed by atoms with Gasteiger partial charge in [-0.2, -0.15) is 0 Å². The van der Waals surface area contributed by atoms with Crippen molar-refractivity contribution in [2.45, 2.75) is 32.9 Å². The molecule has 0 spiro atoms. The highest BCUT2D eigenvalue weighted by Crippen LogP contribution is 2.36. The van der Waals surface area contributed by atoms with Gasteiger partial charge in [0.25, 0.3) is 0 Å². The summed E-state index contributed by atoms with van der Waals surface area (Å²) in [6, 6.07) is 5.37. The Hall–Kier alpha value is -1.03. The van der Waals surface area contributed by atoms with Crippen LogP contribution in [0.3, 0.4) is 0 Å². The van der Waals surface area contributed by atoms with Gasteiger partial charge in [-0.15, -0.1) is 0 Å². The Morgan fingerprint density at radius 1 is 1.21 bits per heavy atom. The highest BCUT2D eigenvalue weighted by Gasteiger charge is 2.18. The molecular formula is C14H16Cl2N2O. The van der Waals surface area contributed by atoms with Crippen LogP contribution in [-0.2, 0) is 6.54 Å². The van der Waals surface area contributed by atoms with Crippen molar-refractivity contribution >= 4 is 23.2 Å². The molecular weight excluding hydrogens is 283 g/mol. The summed E-state index contributed by atoms with van der Waals surface area (Å²) in [7, 11) is 0. The van der Waals surface area contributed by atoms with E-state index in [1.54, 1.807) is 18.2 Å². The second kappa shape index (κ2) is 5.53. The quantitative estimate of drug-likeness (QED) is 0.904. The predicted molar refractivity (Wildman–Crippen MR) is 78.6 cm³/mol. The molecule has 0 aliphatic heterocycles. The Kier molecular flexibility index (Phi) is 4.19. The Morgan fingerprint density at radius 2 is 1.84 bits per heavy atom. The summed E-state index contributed by atoms with van der Waals surface area (Å²) in [4.78, 5) is 4.23. The Morgan fingerprint density at radius 3 is 2.42 bits per heavy atom. The molecule has 102 valence electrons. The van der Waals surface area contributed by atoms with Gasteiger partial charge in [-0.3, -0.25) is 0 Å². The zero-order valence-corrected chi connectivity index (χ0v) is 12.6. The minimum atomic E-state index is 0.000493. The lowest BCUT2D eigenvalue weighted by Gasteiger charge is -2.20. The zero-order valence-electron chi connectivity index (χ0n) is 11.1. The number of hydrogen-bond donors (Lipinski definition) is 1. The summed E-state index contributed by atoms with van der Waals surface area (Å²) < 4.78 is 5.46. The summed E-state index contributed by atoms with van der Waals surface area (Å²) in [5.41, 5.74) is 1.49. The Balaban J connectivity index is 2.34. The van der Waals surface area contributed by atoms with Gasteiger partial charge in [0.2, 0.25) is 0 Å². The van der Waals surface area contributed by atoms with Crippen molar-refractivity contribution < 1.29 is 4.42 Å². The molecule has 0 amide bonds. The van der Waals surface area contributed by atoms with Gasteiger partial charge in [-0.25, -0.2) is 4.98 Å². The molecule has 0 fully saturated rings. The molecule has 1 N–H and O–H groups in total. The molecule has 0 aliphatic rings. The standard InChI is InChI=1S/C14H16Cl2N2O/c1-14(2,3)18-7-11-13(19-8-17-11)12-9(15)5-4-6-10(12)16/h4-6,8,18H,7H2,1-3H3. The van der Waals surface area contributed by atoms with Crippen LogP contribution in [0.1, 0.15) is 26.5 Å². The van der Waals surface area contributed by atoms with Crippen molar-refractivity contribution in [2.75, 3.05) is 0 Å². The van der Waals surface area contributed by atoms with Crippen LogP contribution in [0.25, 0.3) is 11.3 Å². The zero-order chi connectivity index (χ0) is 14.0. The maximum atomic E-state index is 6.19. The first kappa shape index (κ1) is 14.4. The predicted octanol–water partition coefficient (Wildman–Crippen LogP) is 4.54. The molecule has 0 bridgehead atoms. The molecule has 2 aromatic rings. The van der Waals surface area contributed by atoms with Crippen LogP contribution in [0.4, 0.5) is 0 Å². The number of hydrogen-bond acceptors (Lipinski definition) is 3. The summed E-state index contributed by atoms with van der Waals surface area (Å²) in [5, 5.41) is 4.48. The molecule has 0 unspecified atom stereocenters. The van der Waals surface area contributed by atoms with Crippen LogP contribution in [-0.4, -0.2) is 10.5 Å². The number of benzene rings is 1. The number of oxazole rings is 1. The van der Waals surface area contributed by atoms with E-state index in [0.29, 0.717) is 27.9 Å². The van der Waals surface area contributed by atoms with Gasteiger partial charge in [-0.05, 0) is 32.9 Å². The number of aromatic nitrogens is 1. The summed E-state index contributed by atoms with van der Waals surface area (Å²) in [6.07, 6.45) is 1.41. The first-order valence-corrected chi connectivity index (χ1v) is 6.76. The van der Waals surface area contributed by atoms with E-state index in [1.165, 1.54) is 6.39 Å². The molecule has 2 rings (SSSR count). The highest BCUT2D eigenvalue weighted by molar-refractivity contribution is 6.39. The van der Waals surface area contributed by atoms with Gasteiger partial charge < -0.3 is 9.73 Å². The lowest BCUT2D eigenvalue weighted by molar-refractivity contribution is 0.421. The number of rotatable bonds is 3. The minimum Gasteiger partial charge on any atom is -0.443 e. The van der Waals surface area contributed by atoms with Gasteiger partial charge in [-0.1, -0.05) is 29.3 Å². The Bertz CT molecular complexity index is 553.